The second-order valence-corrected chi connectivity index (χ2v) is 10.6. The number of aromatic nitrogens is 2. The highest BCUT2D eigenvalue weighted by Crippen LogP contribution is 2.31. The number of alkyl halides is 3. The van der Waals surface area contributed by atoms with Crippen LogP contribution in [0.4, 0.5) is 13.2 Å². The lowest BCUT2D eigenvalue weighted by Crippen LogP contribution is -2.51. The largest absolute Gasteiger partial charge is 0.454 e. The molecule has 0 radical (unpaired) electrons. The molecule has 1 saturated heterocycles. The van der Waals surface area contributed by atoms with Gasteiger partial charge < -0.3 is 14.2 Å². The fourth-order valence-electron chi connectivity index (χ4n) is 4.27. The monoisotopic (exact) mass is 538 g/mol. The maximum Gasteiger partial charge on any atom is 0.449 e. The number of benzene rings is 2. The molecule has 0 spiro atoms. The van der Waals surface area contributed by atoms with Crippen LogP contribution in [0.15, 0.2) is 47.4 Å². The lowest BCUT2D eigenvalue weighted by molar-refractivity contribution is -0.155. The van der Waals surface area contributed by atoms with E-state index in [9.17, 15) is 31.2 Å². The number of sulfonamides is 1. The van der Waals surface area contributed by atoms with Crippen LogP contribution < -0.4 is 0 Å². The van der Waals surface area contributed by atoms with Crippen LogP contribution in [0.5, 0.6) is 0 Å². The zero-order chi connectivity index (χ0) is 27.0. The summed E-state index contributed by atoms with van der Waals surface area (Å²) in [6.07, 6.45) is -4.79. The molecule has 0 bridgehead atoms. The average molecular weight is 539 g/mol. The van der Waals surface area contributed by atoms with Crippen molar-refractivity contribution in [2.75, 3.05) is 32.8 Å². The number of imidazole rings is 1. The normalized spacial score (nSPS) is 15.2. The van der Waals surface area contributed by atoms with Gasteiger partial charge in [-0.1, -0.05) is 29.8 Å². The first kappa shape index (κ1) is 26.6. The molecule has 2 heterocycles. The Hall–Kier alpha value is -3.45. The second kappa shape index (κ2) is 10.1. The highest BCUT2D eigenvalue weighted by atomic mass is 32.2. The van der Waals surface area contributed by atoms with E-state index in [-0.39, 0.29) is 42.1 Å². The van der Waals surface area contributed by atoms with Crippen molar-refractivity contribution in [3.8, 4) is 0 Å². The van der Waals surface area contributed by atoms with Crippen LogP contribution in [0.3, 0.4) is 0 Å². The Balaban J connectivity index is 1.34. The zero-order valence-electron chi connectivity index (χ0n) is 20.2. The van der Waals surface area contributed by atoms with Crippen molar-refractivity contribution in [1.29, 1.82) is 0 Å². The number of amides is 1. The standard InChI is InChI=1S/C24H25F3N4O5S/c1-16-7-8-20(17(2)13-16)37(34,35)30-11-9-29(10-12-30)21(32)15-36-22(33)14-31-19-6-4-3-5-18(19)28-23(31)24(25,26)27/h3-8,13H,9-12,14-15H2,1-2H3. The van der Waals surface area contributed by atoms with Crippen molar-refractivity contribution in [1.82, 2.24) is 18.8 Å². The molecule has 0 unspecified atom stereocenters. The molecule has 1 amide bonds. The number of aryl methyl sites for hydroxylation is 2. The van der Waals surface area contributed by atoms with E-state index in [1.54, 1.807) is 25.1 Å². The summed E-state index contributed by atoms with van der Waals surface area (Å²) < 4.78 is 73.2. The predicted molar refractivity (Wildman–Crippen MR) is 127 cm³/mol. The Labute approximate surface area is 211 Å². The van der Waals surface area contributed by atoms with Gasteiger partial charge in [0, 0.05) is 26.2 Å². The second-order valence-electron chi connectivity index (χ2n) is 8.72. The van der Waals surface area contributed by atoms with Crippen LogP contribution in [-0.2, 0) is 37.1 Å². The summed E-state index contributed by atoms with van der Waals surface area (Å²) in [7, 11) is -3.74. The van der Waals surface area contributed by atoms with Crippen LogP contribution in [0.2, 0.25) is 0 Å². The highest BCUT2D eigenvalue weighted by Gasteiger charge is 2.38. The van der Waals surface area contributed by atoms with Gasteiger partial charge in [0.25, 0.3) is 5.91 Å². The summed E-state index contributed by atoms with van der Waals surface area (Å²) in [5.41, 5.74) is 1.76. The van der Waals surface area contributed by atoms with Gasteiger partial charge in [0.15, 0.2) is 6.61 Å². The minimum atomic E-state index is -4.79. The van der Waals surface area contributed by atoms with E-state index in [0.29, 0.717) is 10.1 Å². The third-order valence-electron chi connectivity index (χ3n) is 6.09. The van der Waals surface area contributed by atoms with Gasteiger partial charge in [0.2, 0.25) is 15.8 Å². The minimum absolute atomic E-state index is 0.0608. The topological polar surface area (TPSA) is 102 Å². The molecule has 13 heteroatoms. The van der Waals surface area contributed by atoms with Crippen LogP contribution in [0, 0.1) is 13.8 Å². The molecule has 198 valence electrons. The van der Waals surface area contributed by atoms with Crippen molar-refractivity contribution in [2.24, 2.45) is 0 Å². The first-order valence-corrected chi connectivity index (χ1v) is 12.8. The van der Waals surface area contributed by atoms with Gasteiger partial charge in [-0.15, -0.1) is 0 Å². The molecule has 0 N–H and O–H groups in total. The molecular formula is C24H25F3N4O5S. The zero-order valence-corrected chi connectivity index (χ0v) is 21.0. The number of hydrogen-bond donors (Lipinski definition) is 0. The average Bonchev–Trinajstić information content (AvgIpc) is 3.21. The summed E-state index contributed by atoms with van der Waals surface area (Å²) in [5, 5.41) is 0. The van der Waals surface area contributed by atoms with Crippen molar-refractivity contribution in [3.63, 3.8) is 0 Å². The number of esters is 1. The summed E-state index contributed by atoms with van der Waals surface area (Å²) in [6.45, 7) is 2.44. The van der Waals surface area contributed by atoms with Crippen LogP contribution in [-0.4, -0.2) is 71.8 Å². The molecule has 4 rings (SSSR count). The van der Waals surface area contributed by atoms with Crippen molar-refractivity contribution in [2.45, 2.75) is 31.5 Å². The third kappa shape index (κ3) is 5.62. The van der Waals surface area contributed by atoms with Crippen molar-refractivity contribution < 1.29 is 35.9 Å². The van der Waals surface area contributed by atoms with Gasteiger partial charge in [-0.25, -0.2) is 13.4 Å². The SMILES string of the molecule is Cc1ccc(S(=O)(=O)N2CCN(C(=O)COC(=O)Cn3c(C(F)(F)F)nc4ccccc43)CC2)c(C)c1. The van der Waals surface area contributed by atoms with Gasteiger partial charge >= 0.3 is 12.1 Å². The van der Waals surface area contributed by atoms with E-state index in [1.165, 1.54) is 33.5 Å². The summed E-state index contributed by atoms with van der Waals surface area (Å²) in [5.74, 6) is -2.83. The van der Waals surface area contributed by atoms with Crippen molar-refractivity contribution in [3.05, 3.63) is 59.4 Å². The number of ether oxygens (including phenoxy) is 1. The minimum Gasteiger partial charge on any atom is -0.454 e. The molecule has 1 aliphatic rings. The number of halogens is 3. The Bertz CT molecular complexity index is 1440. The molecule has 3 aromatic rings. The fourth-order valence-corrected chi connectivity index (χ4v) is 5.89. The van der Waals surface area contributed by atoms with E-state index >= 15 is 0 Å². The number of rotatable bonds is 6. The third-order valence-corrected chi connectivity index (χ3v) is 8.15. The molecule has 37 heavy (non-hydrogen) atoms. The molecule has 1 aliphatic heterocycles. The quantitative estimate of drug-likeness (QED) is 0.448. The summed E-state index contributed by atoms with van der Waals surface area (Å²) >= 11 is 0. The molecule has 1 aromatic heterocycles. The fraction of sp³-hybridized carbons (Fsp3) is 0.375. The molecule has 1 fully saturated rings. The number of nitrogens with zero attached hydrogens (tertiary/aromatic N) is 4. The first-order chi connectivity index (χ1) is 17.4. The lowest BCUT2D eigenvalue weighted by atomic mass is 10.2. The highest BCUT2D eigenvalue weighted by molar-refractivity contribution is 7.89. The molecule has 9 nitrogen and oxygen atoms in total. The molecule has 0 atom stereocenters. The Morgan fingerprint density at radius 1 is 1.03 bits per heavy atom. The van der Waals surface area contributed by atoms with E-state index < -0.39 is 47.1 Å². The Kier molecular flexibility index (Phi) is 7.29. The number of para-hydroxylation sites is 2. The number of fused-ring (bicyclic) bond motifs is 1. The Morgan fingerprint density at radius 2 is 1.70 bits per heavy atom. The smallest absolute Gasteiger partial charge is 0.449 e. The van der Waals surface area contributed by atoms with Gasteiger partial charge in [0.05, 0.1) is 15.9 Å². The molecule has 2 aromatic carbocycles. The predicted octanol–water partition coefficient (Wildman–Crippen LogP) is 2.75. The summed E-state index contributed by atoms with van der Waals surface area (Å²) in [4.78, 5) is 30.0. The maximum absolute atomic E-state index is 13.4. The van der Waals surface area contributed by atoms with E-state index in [2.05, 4.69) is 4.98 Å². The van der Waals surface area contributed by atoms with Gasteiger partial charge in [0.1, 0.15) is 6.54 Å². The number of piperazine rings is 1. The Morgan fingerprint density at radius 3 is 2.35 bits per heavy atom. The van der Waals surface area contributed by atoms with Gasteiger partial charge in [-0.2, -0.15) is 17.5 Å². The van der Waals surface area contributed by atoms with E-state index in [4.69, 9.17) is 4.74 Å². The van der Waals surface area contributed by atoms with Gasteiger partial charge in [-0.3, -0.25) is 9.59 Å². The van der Waals surface area contributed by atoms with Crippen molar-refractivity contribution >= 4 is 32.9 Å². The molecule has 0 aliphatic carbocycles. The number of carbonyl (C=O) groups excluding carboxylic acids is 2. The number of hydrogen-bond acceptors (Lipinski definition) is 6. The summed E-state index contributed by atoms with van der Waals surface area (Å²) in [6, 6.07) is 10.9. The van der Waals surface area contributed by atoms with E-state index in [1.807, 2.05) is 6.92 Å². The maximum atomic E-state index is 13.4. The molecule has 0 saturated carbocycles. The van der Waals surface area contributed by atoms with Gasteiger partial charge in [-0.05, 0) is 37.6 Å². The lowest BCUT2D eigenvalue weighted by Gasteiger charge is -2.34. The number of carbonyl (C=O) groups is 2. The van der Waals surface area contributed by atoms with E-state index in [0.717, 1.165) is 5.56 Å². The van der Waals surface area contributed by atoms with Crippen LogP contribution in [0.1, 0.15) is 17.0 Å². The molecular weight excluding hydrogens is 513 g/mol. The van der Waals surface area contributed by atoms with Crippen LogP contribution in [0.25, 0.3) is 11.0 Å². The van der Waals surface area contributed by atoms with Crippen LogP contribution >= 0.6 is 0 Å². The first-order valence-electron chi connectivity index (χ1n) is 11.4.